The van der Waals surface area contributed by atoms with Crippen LogP contribution in [0.1, 0.15) is 11.1 Å². The monoisotopic (exact) mass is 394 g/mol. The molecule has 0 atom stereocenters. The maximum Gasteiger partial charge on any atom is 0.203 e. The van der Waals surface area contributed by atoms with Crippen molar-refractivity contribution in [1.82, 2.24) is 0 Å². The van der Waals surface area contributed by atoms with Crippen molar-refractivity contribution in [3.8, 4) is 28.7 Å². The number of benzene rings is 2. The molecule has 0 saturated carbocycles. The average molecular weight is 394 g/mol. The molecular weight excluding hydrogens is 372 g/mol. The second-order valence-corrected chi connectivity index (χ2v) is 7.43. The Bertz CT molecular complexity index is 933. The molecule has 2 rings (SSSR count). The molecule has 0 aliphatic carbocycles. The third kappa shape index (κ3) is 4.85. The van der Waals surface area contributed by atoms with Gasteiger partial charge in [0.05, 0.1) is 34.2 Å². The Hall–Kier alpha value is -2.87. The van der Waals surface area contributed by atoms with Crippen molar-refractivity contribution >= 4 is 15.9 Å². The zero-order valence-electron chi connectivity index (χ0n) is 15.6. The Kier molecular flexibility index (Phi) is 6.57. The molecule has 1 N–H and O–H groups in total. The van der Waals surface area contributed by atoms with Crippen molar-refractivity contribution in [1.29, 1.82) is 0 Å². The predicted octanol–water partition coefficient (Wildman–Crippen LogP) is 3.01. The summed E-state index contributed by atoms with van der Waals surface area (Å²) in [6.07, 6.45) is 1.43. The minimum atomic E-state index is -3.59. The molecule has 2 aromatic carbocycles. The van der Waals surface area contributed by atoms with Crippen LogP contribution in [0.3, 0.4) is 0 Å². The lowest BCUT2D eigenvalue weighted by atomic mass is 10.1. The van der Waals surface area contributed by atoms with Gasteiger partial charge in [0.1, 0.15) is 0 Å². The van der Waals surface area contributed by atoms with E-state index in [1.807, 2.05) is 0 Å². The van der Waals surface area contributed by atoms with Crippen LogP contribution in [-0.2, 0) is 15.6 Å². The van der Waals surface area contributed by atoms with Crippen LogP contribution in [-0.4, -0.2) is 42.0 Å². The van der Waals surface area contributed by atoms with E-state index in [4.69, 9.17) is 18.9 Å². The van der Waals surface area contributed by atoms with E-state index in [2.05, 4.69) is 0 Å². The summed E-state index contributed by atoms with van der Waals surface area (Å²) in [6.45, 7) is 0. The SMILES string of the molecule is COc1ccc(CS(=O)(=O)/C=C/c2ccc(OC)c(OC)c2OC)cc1O. The predicted molar refractivity (Wildman–Crippen MR) is 102 cm³/mol. The lowest BCUT2D eigenvalue weighted by Crippen LogP contribution is -2.01. The van der Waals surface area contributed by atoms with Gasteiger partial charge in [-0.1, -0.05) is 6.07 Å². The van der Waals surface area contributed by atoms with Gasteiger partial charge in [0.15, 0.2) is 32.8 Å². The van der Waals surface area contributed by atoms with Gasteiger partial charge in [-0.15, -0.1) is 0 Å². The number of hydrogen-bond donors (Lipinski definition) is 1. The summed E-state index contributed by atoms with van der Waals surface area (Å²) in [7, 11) is 2.27. The summed E-state index contributed by atoms with van der Waals surface area (Å²) in [6, 6.07) is 7.80. The number of aromatic hydroxyl groups is 1. The van der Waals surface area contributed by atoms with Crippen molar-refractivity contribution in [3.05, 3.63) is 46.9 Å². The highest BCUT2D eigenvalue weighted by Crippen LogP contribution is 2.40. The maximum atomic E-state index is 12.4. The Morgan fingerprint density at radius 2 is 1.52 bits per heavy atom. The molecule has 0 heterocycles. The zero-order valence-corrected chi connectivity index (χ0v) is 16.4. The second-order valence-electron chi connectivity index (χ2n) is 5.54. The van der Waals surface area contributed by atoms with Crippen molar-refractivity contribution in [2.45, 2.75) is 5.75 Å². The van der Waals surface area contributed by atoms with E-state index in [9.17, 15) is 13.5 Å². The molecule has 0 fully saturated rings. The molecule has 0 radical (unpaired) electrons. The standard InChI is InChI=1S/C19H22O7S/c1-23-16-7-5-13(11-15(16)20)12-27(21,22)10-9-14-6-8-17(24-2)19(26-4)18(14)25-3/h5-11,20H,12H2,1-4H3/b10-9+. The molecule has 0 spiro atoms. The largest absolute Gasteiger partial charge is 0.504 e. The number of sulfone groups is 1. The molecule has 0 aliphatic rings. The fourth-order valence-corrected chi connectivity index (χ4v) is 3.63. The number of methoxy groups -OCH3 is 4. The summed E-state index contributed by atoms with van der Waals surface area (Å²) < 4.78 is 45.6. The van der Waals surface area contributed by atoms with E-state index < -0.39 is 9.84 Å². The highest BCUT2D eigenvalue weighted by atomic mass is 32.2. The van der Waals surface area contributed by atoms with Gasteiger partial charge in [0, 0.05) is 11.0 Å². The summed E-state index contributed by atoms with van der Waals surface area (Å²) >= 11 is 0. The number of phenolic OH excluding ortho intramolecular Hbond substituents is 1. The highest BCUT2D eigenvalue weighted by molar-refractivity contribution is 7.93. The van der Waals surface area contributed by atoms with Crippen LogP contribution >= 0.6 is 0 Å². The number of hydrogen-bond acceptors (Lipinski definition) is 7. The molecule has 0 aromatic heterocycles. The Balaban J connectivity index is 2.29. The van der Waals surface area contributed by atoms with E-state index in [0.29, 0.717) is 28.4 Å². The van der Waals surface area contributed by atoms with Crippen LogP contribution in [0.5, 0.6) is 28.7 Å². The second kappa shape index (κ2) is 8.68. The third-order valence-electron chi connectivity index (χ3n) is 3.80. The van der Waals surface area contributed by atoms with Crippen molar-refractivity contribution in [2.75, 3.05) is 28.4 Å². The van der Waals surface area contributed by atoms with Crippen LogP contribution in [0.4, 0.5) is 0 Å². The fraction of sp³-hybridized carbons (Fsp3) is 0.263. The van der Waals surface area contributed by atoms with Crippen LogP contribution in [0.25, 0.3) is 6.08 Å². The molecule has 2 aromatic rings. The van der Waals surface area contributed by atoms with Gasteiger partial charge in [0.25, 0.3) is 0 Å². The third-order valence-corrected chi connectivity index (χ3v) is 5.09. The van der Waals surface area contributed by atoms with Gasteiger partial charge < -0.3 is 24.1 Å². The Labute approximate surface area is 158 Å². The minimum Gasteiger partial charge on any atom is -0.504 e. The molecule has 8 heteroatoms. The van der Waals surface area contributed by atoms with E-state index in [1.165, 1.54) is 46.6 Å². The van der Waals surface area contributed by atoms with Crippen LogP contribution in [0.15, 0.2) is 35.7 Å². The first-order valence-electron chi connectivity index (χ1n) is 7.91. The number of rotatable bonds is 8. The summed E-state index contributed by atoms with van der Waals surface area (Å²) in [5, 5.41) is 10.9. The smallest absolute Gasteiger partial charge is 0.203 e. The quantitative estimate of drug-likeness (QED) is 0.736. The molecule has 0 aliphatic heterocycles. The first-order chi connectivity index (χ1) is 12.8. The van der Waals surface area contributed by atoms with E-state index >= 15 is 0 Å². The first-order valence-corrected chi connectivity index (χ1v) is 9.62. The summed E-state index contributed by atoms with van der Waals surface area (Å²) in [4.78, 5) is 0. The molecular formula is C19H22O7S. The Morgan fingerprint density at radius 1 is 0.889 bits per heavy atom. The van der Waals surface area contributed by atoms with Crippen LogP contribution in [0, 0.1) is 0 Å². The fourth-order valence-electron chi connectivity index (χ4n) is 2.54. The van der Waals surface area contributed by atoms with E-state index in [1.54, 1.807) is 18.2 Å². The van der Waals surface area contributed by atoms with Gasteiger partial charge in [-0.25, -0.2) is 8.42 Å². The van der Waals surface area contributed by atoms with Crippen molar-refractivity contribution < 1.29 is 32.5 Å². The minimum absolute atomic E-state index is 0.115. The van der Waals surface area contributed by atoms with Gasteiger partial charge >= 0.3 is 0 Å². The maximum absolute atomic E-state index is 12.4. The molecule has 0 amide bonds. The van der Waals surface area contributed by atoms with Crippen molar-refractivity contribution in [3.63, 3.8) is 0 Å². The molecule has 0 unspecified atom stereocenters. The van der Waals surface area contributed by atoms with Gasteiger partial charge in [-0.2, -0.15) is 0 Å². The van der Waals surface area contributed by atoms with E-state index in [-0.39, 0.29) is 17.3 Å². The summed E-state index contributed by atoms with van der Waals surface area (Å²) in [5.74, 6) is 1.11. The Morgan fingerprint density at radius 3 is 2.07 bits per heavy atom. The average Bonchev–Trinajstić information content (AvgIpc) is 2.65. The van der Waals surface area contributed by atoms with E-state index in [0.717, 1.165) is 5.41 Å². The van der Waals surface area contributed by atoms with Crippen LogP contribution < -0.4 is 18.9 Å². The first kappa shape index (κ1) is 20.4. The summed E-state index contributed by atoms with van der Waals surface area (Å²) in [5.41, 5.74) is 0.966. The molecule has 0 saturated heterocycles. The molecule has 7 nitrogen and oxygen atoms in total. The van der Waals surface area contributed by atoms with Gasteiger partial charge in [0.2, 0.25) is 5.75 Å². The number of ether oxygens (including phenoxy) is 4. The lowest BCUT2D eigenvalue weighted by molar-refractivity contribution is 0.324. The topological polar surface area (TPSA) is 91.3 Å². The molecule has 27 heavy (non-hydrogen) atoms. The van der Waals surface area contributed by atoms with Crippen LogP contribution in [0.2, 0.25) is 0 Å². The van der Waals surface area contributed by atoms with Crippen molar-refractivity contribution in [2.24, 2.45) is 0 Å². The van der Waals surface area contributed by atoms with Gasteiger partial charge in [-0.05, 0) is 35.9 Å². The molecule has 0 bridgehead atoms. The van der Waals surface area contributed by atoms with Gasteiger partial charge in [-0.3, -0.25) is 0 Å². The molecule has 146 valence electrons. The zero-order chi connectivity index (χ0) is 20.0. The normalized spacial score (nSPS) is 11.4. The number of phenols is 1. The highest BCUT2D eigenvalue weighted by Gasteiger charge is 2.16. The lowest BCUT2D eigenvalue weighted by Gasteiger charge is -2.14.